The second kappa shape index (κ2) is 5.60. The molecule has 106 valence electrons. The molecule has 1 N–H and O–H groups in total. The Morgan fingerprint density at radius 3 is 3.10 bits per heavy atom. The van der Waals surface area contributed by atoms with E-state index in [1.807, 2.05) is 12.1 Å². The largest absolute Gasteiger partial charge is 0.454 e. The van der Waals surface area contributed by atoms with Gasteiger partial charge in [-0.1, -0.05) is 18.5 Å². The second-order valence-electron chi connectivity index (χ2n) is 4.55. The van der Waals surface area contributed by atoms with Crippen molar-refractivity contribution in [2.45, 2.75) is 19.9 Å². The lowest BCUT2D eigenvalue weighted by atomic mass is 10.2. The Labute approximate surface area is 126 Å². The summed E-state index contributed by atoms with van der Waals surface area (Å²) in [5.41, 5.74) is 2.00. The van der Waals surface area contributed by atoms with Crippen LogP contribution in [0.2, 0.25) is 5.02 Å². The molecule has 1 aromatic carbocycles. The lowest BCUT2D eigenvalue weighted by Gasteiger charge is -2.08. The predicted octanol–water partition coefficient (Wildman–Crippen LogP) is 3.86. The summed E-state index contributed by atoms with van der Waals surface area (Å²) in [5.74, 6) is 1.30. The van der Waals surface area contributed by atoms with Crippen molar-refractivity contribution >= 4 is 22.9 Å². The zero-order valence-electron chi connectivity index (χ0n) is 11.3. The van der Waals surface area contributed by atoms with Crippen molar-refractivity contribution in [3.8, 4) is 22.1 Å². The first-order valence-electron chi connectivity index (χ1n) is 6.47. The van der Waals surface area contributed by atoms with Crippen molar-refractivity contribution in [2.75, 3.05) is 13.3 Å². The lowest BCUT2D eigenvalue weighted by Crippen LogP contribution is -2.17. The molecule has 2 aromatic rings. The molecule has 0 bridgehead atoms. The molecule has 1 aromatic heterocycles. The summed E-state index contributed by atoms with van der Waals surface area (Å²) in [6.07, 6.45) is 0. The SMILES string of the molecule is CCNC(C)c1csc(-c2cc(Cl)c3c(c2)OCO3)n1. The fourth-order valence-corrected chi connectivity index (χ4v) is 3.29. The molecule has 0 amide bonds. The maximum Gasteiger partial charge on any atom is 0.231 e. The molecule has 0 spiro atoms. The molecule has 2 heterocycles. The third-order valence-corrected chi connectivity index (χ3v) is 4.34. The number of thiazole rings is 1. The summed E-state index contributed by atoms with van der Waals surface area (Å²) < 4.78 is 10.7. The van der Waals surface area contributed by atoms with Gasteiger partial charge in [0.05, 0.1) is 10.7 Å². The van der Waals surface area contributed by atoms with E-state index in [1.54, 1.807) is 11.3 Å². The predicted molar refractivity (Wildman–Crippen MR) is 80.8 cm³/mol. The highest BCUT2D eigenvalue weighted by Gasteiger charge is 2.20. The lowest BCUT2D eigenvalue weighted by molar-refractivity contribution is 0.174. The van der Waals surface area contributed by atoms with Crippen LogP contribution in [0, 0.1) is 0 Å². The smallest absolute Gasteiger partial charge is 0.231 e. The van der Waals surface area contributed by atoms with Crippen molar-refractivity contribution in [3.63, 3.8) is 0 Å². The van der Waals surface area contributed by atoms with Crippen LogP contribution in [0.4, 0.5) is 0 Å². The Balaban J connectivity index is 1.92. The number of aromatic nitrogens is 1. The first kappa shape index (κ1) is 13.7. The van der Waals surface area contributed by atoms with Crippen LogP contribution in [0.15, 0.2) is 17.5 Å². The Bertz CT molecular complexity index is 630. The zero-order chi connectivity index (χ0) is 14.1. The molecule has 20 heavy (non-hydrogen) atoms. The molecule has 1 atom stereocenters. The van der Waals surface area contributed by atoms with Crippen LogP contribution in [0.25, 0.3) is 10.6 Å². The van der Waals surface area contributed by atoms with E-state index in [0.717, 1.165) is 22.8 Å². The zero-order valence-corrected chi connectivity index (χ0v) is 12.8. The van der Waals surface area contributed by atoms with E-state index >= 15 is 0 Å². The number of hydrogen-bond donors (Lipinski definition) is 1. The highest BCUT2D eigenvalue weighted by atomic mass is 35.5. The minimum absolute atomic E-state index is 0.221. The highest BCUT2D eigenvalue weighted by molar-refractivity contribution is 7.13. The molecule has 1 unspecified atom stereocenters. The van der Waals surface area contributed by atoms with Gasteiger partial charge in [0, 0.05) is 17.0 Å². The molecule has 0 fully saturated rings. The summed E-state index contributed by atoms with van der Waals surface area (Å²) >= 11 is 7.81. The average molecular weight is 311 g/mol. The van der Waals surface area contributed by atoms with Gasteiger partial charge in [-0.2, -0.15) is 0 Å². The number of halogens is 1. The Hall–Kier alpha value is -1.30. The van der Waals surface area contributed by atoms with Gasteiger partial charge in [-0.05, 0) is 25.6 Å². The monoisotopic (exact) mass is 310 g/mol. The minimum Gasteiger partial charge on any atom is -0.454 e. The van der Waals surface area contributed by atoms with E-state index in [-0.39, 0.29) is 12.8 Å². The van der Waals surface area contributed by atoms with E-state index in [4.69, 9.17) is 21.1 Å². The molecule has 0 saturated heterocycles. The molecule has 3 rings (SSSR count). The number of nitrogens with one attached hydrogen (secondary N) is 1. The number of benzene rings is 1. The van der Waals surface area contributed by atoms with Crippen LogP contribution in [0.3, 0.4) is 0 Å². The Kier molecular flexibility index (Phi) is 3.83. The van der Waals surface area contributed by atoms with Gasteiger partial charge in [0.1, 0.15) is 5.01 Å². The van der Waals surface area contributed by atoms with E-state index in [1.165, 1.54) is 0 Å². The molecule has 0 saturated carbocycles. The molecular weight excluding hydrogens is 296 g/mol. The molecule has 4 nitrogen and oxygen atoms in total. The van der Waals surface area contributed by atoms with Crippen molar-refractivity contribution in [1.29, 1.82) is 0 Å². The first-order valence-corrected chi connectivity index (χ1v) is 7.73. The molecule has 0 aliphatic carbocycles. The normalized spacial score (nSPS) is 14.6. The van der Waals surface area contributed by atoms with Crippen molar-refractivity contribution in [1.82, 2.24) is 10.3 Å². The Morgan fingerprint density at radius 2 is 2.30 bits per heavy atom. The van der Waals surface area contributed by atoms with Crippen molar-refractivity contribution < 1.29 is 9.47 Å². The van der Waals surface area contributed by atoms with Crippen molar-refractivity contribution in [2.24, 2.45) is 0 Å². The van der Waals surface area contributed by atoms with Gasteiger partial charge in [-0.3, -0.25) is 0 Å². The van der Waals surface area contributed by atoms with Crippen LogP contribution in [0.5, 0.6) is 11.5 Å². The van der Waals surface area contributed by atoms with E-state index in [0.29, 0.717) is 16.5 Å². The quantitative estimate of drug-likeness (QED) is 0.931. The second-order valence-corrected chi connectivity index (χ2v) is 5.81. The summed E-state index contributed by atoms with van der Waals surface area (Å²) in [6.45, 7) is 5.33. The van der Waals surface area contributed by atoms with Gasteiger partial charge in [-0.15, -0.1) is 11.3 Å². The fourth-order valence-electron chi connectivity index (χ4n) is 2.12. The van der Waals surface area contributed by atoms with Crippen LogP contribution in [-0.4, -0.2) is 18.3 Å². The Morgan fingerprint density at radius 1 is 1.45 bits per heavy atom. The fraction of sp³-hybridized carbons (Fsp3) is 0.357. The van der Waals surface area contributed by atoms with E-state index in [2.05, 4.69) is 29.5 Å². The topological polar surface area (TPSA) is 43.4 Å². The van der Waals surface area contributed by atoms with Gasteiger partial charge in [0.15, 0.2) is 11.5 Å². The maximum atomic E-state index is 6.20. The summed E-state index contributed by atoms with van der Waals surface area (Å²) in [7, 11) is 0. The van der Waals surface area contributed by atoms with Crippen LogP contribution in [-0.2, 0) is 0 Å². The number of hydrogen-bond acceptors (Lipinski definition) is 5. The summed E-state index contributed by atoms with van der Waals surface area (Å²) in [6, 6.07) is 4.04. The molecule has 0 radical (unpaired) electrons. The number of fused-ring (bicyclic) bond motifs is 1. The van der Waals surface area contributed by atoms with Gasteiger partial charge in [0.25, 0.3) is 0 Å². The number of rotatable bonds is 4. The maximum absolute atomic E-state index is 6.20. The van der Waals surface area contributed by atoms with Crippen LogP contribution in [0.1, 0.15) is 25.6 Å². The van der Waals surface area contributed by atoms with Crippen LogP contribution >= 0.6 is 22.9 Å². The average Bonchev–Trinajstić information content (AvgIpc) is 3.08. The van der Waals surface area contributed by atoms with Gasteiger partial charge in [-0.25, -0.2) is 4.98 Å². The van der Waals surface area contributed by atoms with E-state index < -0.39 is 0 Å². The molecule has 1 aliphatic heterocycles. The minimum atomic E-state index is 0.221. The first-order chi connectivity index (χ1) is 9.69. The molecule has 6 heteroatoms. The third-order valence-electron chi connectivity index (χ3n) is 3.15. The number of nitrogens with zero attached hydrogens (tertiary/aromatic N) is 1. The van der Waals surface area contributed by atoms with Crippen LogP contribution < -0.4 is 14.8 Å². The molecular formula is C14H15ClN2O2S. The van der Waals surface area contributed by atoms with Gasteiger partial charge in [0.2, 0.25) is 6.79 Å². The summed E-state index contributed by atoms with van der Waals surface area (Å²) in [5, 5.41) is 6.92. The molecule has 1 aliphatic rings. The van der Waals surface area contributed by atoms with Gasteiger partial charge >= 0.3 is 0 Å². The standard InChI is InChI=1S/C14H15ClN2O2S/c1-3-16-8(2)11-6-20-14(17-11)9-4-10(15)13-12(5-9)18-7-19-13/h4-6,8,16H,3,7H2,1-2H3. The third kappa shape index (κ3) is 2.49. The van der Waals surface area contributed by atoms with Crippen molar-refractivity contribution in [3.05, 3.63) is 28.2 Å². The number of ether oxygens (including phenoxy) is 2. The summed E-state index contributed by atoms with van der Waals surface area (Å²) in [4.78, 5) is 4.67. The highest BCUT2D eigenvalue weighted by Crippen LogP contribution is 2.42. The van der Waals surface area contributed by atoms with Gasteiger partial charge < -0.3 is 14.8 Å². The van der Waals surface area contributed by atoms with E-state index in [9.17, 15) is 0 Å².